The molecule has 0 fully saturated rings. The predicted molar refractivity (Wildman–Crippen MR) is 296 cm³/mol. The number of nitrogens with two attached hydrogens (primary N) is 3. The number of nitrogens with zero attached hydrogens (tertiary/aromatic N) is 12. The fourth-order valence-corrected chi connectivity index (χ4v) is 9.49. The zero-order valence-electron chi connectivity index (χ0n) is 45.2. The highest BCUT2D eigenvalue weighted by atomic mass is 31.2. The number of unbranched alkanes of at least 4 members (excludes halogenated alkanes) is 1. The first-order chi connectivity index (χ1) is 37.5. The number of Topliss-reactive ketones (excluding diaryl/α,β-unsaturated/α-hetero) is 2. The van der Waals surface area contributed by atoms with Crippen molar-refractivity contribution in [3.05, 3.63) is 38.0 Å². The Morgan fingerprint density at radius 2 is 0.850 bits per heavy atom. The van der Waals surface area contributed by atoms with Crippen LogP contribution < -0.4 is 17.2 Å². The van der Waals surface area contributed by atoms with Gasteiger partial charge < -0.3 is 87.6 Å². The SMILES string of the molecule is C.CC(=O)CCCOCCCOP(=O)(O)CO[C@H](C)Cn1cnc2c(N)ncnc21.CC(=O)COCCCOP(=O)(O)CO[C@H](C)Cn1cnc2c(N)ncnc21.CCCCOP(=O)(O)CO[C@H](C)Cn1cnc2c(N)ncnc21. The summed E-state index contributed by atoms with van der Waals surface area (Å²) >= 11 is 0. The predicted octanol–water partition coefficient (Wildman–Crippen LogP) is 5.13. The average Bonchev–Trinajstić information content (AvgIpc) is 4.14. The van der Waals surface area contributed by atoms with Crippen LogP contribution in [0, 0.1) is 0 Å². The molecule has 9 N–H and O–H groups in total. The number of hydrogen-bond acceptors (Lipinski definition) is 25. The highest BCUT2D eigenvalue weighted by Gasteiger charge is 2.24. The number of hydrogen-bond donors (Lipinski definition) is 6. The van der Waals surface area contributed by atoms with Gasteiger partial charge >= 0.3 is 22.8 Å². The third-order valence-corrected chi connectivity index (χ3v) is 13.8. The molecular weight excluding hydrogens is 1110 g/mol. The molecule has 80 heavy (non-hydrogen) atoms. The summed E-state index contributed by atoms with van der Waals surface area (Å²) in [6.45, 7) is 13.0. The molecule has 0 spiro atoms. The second-order valence-corrected chi connectivity index (χ2v) is 23.3. The number of carbonyl (C=O) groups excluding carboxylic acids is 2. The van der Waals surface area contributed by atoms with E-state index < -0.39 is 35.5 Å². The van der Waals surface area contributed by atoms with Gasteiger partial charge in [-0.25, -0.2) is 44.9 Å². The van der Waals surface area contributed by atoms with Crippen molar-refractivity contribution in [1.82, 2.24) is 58.6 Å². The Bertz CT molecular complexity index is 2970. The first-order valence-corrected chi connectivity index (χ1v) is 30.4. The molecule has 0 amide bonds. The molecule has 6 aromatic heterocycles. The Hall–Kier alpha value is -5.36. The van der Waals surface area contributed by atoms with E-state index in [1.165, 1.54) is 32.8 Å². The van der Waals surface area contributed by atoms with E-state index in [9.17, 15) is 38.0 Å². The van der Waals surface area contributed by atoms with Crippen molar-refractivity contribution in [2.24, 2.45) is 0 Å². The number of aromatic nitrogens is 12. The number of ketones is 2. The summed E-state index contributed by atoms with van der Waals surface area (Å²) in [5.74, 6) is 0.940. The number of carbonyl (C=O) groups is 2. The quantitative estimate of drug-likeness (QED) is 0.0222. The van der Waals surface area contributed by atoms with Crippen molar-refractivity contribution in [3.8, 4) is 0 Å². The standard InChI is InChI=1S/C17H28N5O6P.C15H24N5O6P.C13H22N5O4P.CH4/c1-13(23)5-3-6-26-7-4-8-28-29(24,25)12-27-14(2)9-22-11-21-15-16(18)19-10-20-17(15)22;1-11(21)7-24-4-3-5-26-27(22,23)10-25-12(2)6-20-9-19-13-14(16)17-8-18-15(13)20;1-3-4-5-22-23(19,20)9-21-10(2)6-18-8-17-11-12(14)15-7-16-13(11)18;/h10-11,14H,3-9,12H2,1-2H3,(H,24,25)(H2,18,19,20);8-9,12H,3-7,10H2,1-2H3,(H,22,23)(H2,16,17,18);7-8,10H,3-6,9H2,1-2H3,(H,19,20)(H2,14,15,16);1H4/t14-;12-;10-;/m111./s1. The zero-order valence-corrected chi connectivity index (χ0v) is 47.9. The highest BCUT2D eigenvalue weighted by Crippen LogP contribution is 2.44. The van der Waals surface area contributed by atoms with Crippen LogP contribution >= 0.6 is 22.8 Å². The second kappa shape index (κ2) is 34.8. The third-order valence-electron chi connectivity index (χ3n) is 10.6. The van der Waals surface area contributed by atoms with Crippen molar-refractivity contribution in [3.63, 3.8) is 0 Å². The van der Waals surface area contributed by atoms with Crippen LogP contribution in [0.25, 0.3) is 33.5 Å². The molecule has 31 nitrogen and oxygen atoms in total. The van der Waals surface area contributed by atoms with Crippen LogP contribution in [-0.4, -0.2) is 168 Å². The molecule has 0 saturated carbocycles. The van der Waals surface area contributed by atoms with Crippen molar-refractivity contribution in [1.29, 1.82) is 0 Å². The second-order valence-electron chi connectivity index (χ2n) is 17.9. The summed E-state index contributed by atoms with van der Waals surface area (Å²) in [7, 11) is -11.4. The molecule has 0 aliphatic rings. The molecule has 0 aliphatic heterocycles. The molecule has 6 aromatic rings. The van der Waals surface area contributed by atoms with Crippen LogP contribution in [0.1, 0.15) is 87.5 Å². The molecule has 6 heterocycles. The maximum Gasteiger partial charge on any atom is 0.353 e. The fraction of sp³-hybridized carbons (Fsp3) is 0.630. The van der Waals surface area contributed by atoms with Crippen molar-refractivity contribution in [2.75, 3.05) is 82.5 Å². The van der Waals surface area contributed by atoms with Gasteiger partial charge in [0, 0.05) is 26.2 Å². The van der Waals surface area contributed by atoms with E-state index in [0.717, 1.165) is 12.8 Å². The van der Waals surface area contributed by atoms with Crippen LogP contribution in [0.5, 0.6) is 0 Å². The summed E-state index contributed by atoms with van der Waals surface area (Å²) in [5, 5.41) is 0. The van der Waals surface area contributed by atoms with E-state index in [1.807, 2.05) is 6.92 Å². The largest absolute Gasteiger partial charge is 0.382 e. The van der Waals surface area contributed by atoms with Gasteiger partial charge in [-0.1, -0.05) is 20.8 Å². The van der Waals surface area contributed by atoms with Crippen LogP contribution in [0.4, 0.5) is 17.5 Å². The highest BCUT2D eigenvalue weighted by molar-refractivity contribution is 7.53. The lowest BCUT2D eigenvalue weighted by Gasteiger charge is -2.17. The number of anilines is 3. The molecule has 6 atom stereocenters. The Morgan fingerprint density at radius 1 is 0.512 bits per heavy atom. The number of rotatable bonds is 35. The molecule has 448 valence electrons. The monoisotopic (exact) mass is 1190 g/mol. The first kappa shape index (κ1) is 68.9. The van der Waals surface area contributed by atoms with Gasteiger partial charge in [0.25, 0.3) is 0 Å². The third kappa shape index (κ3) is 25.2. The van der Waals surface area contributed by atoms with Gasteiger partial charge in [0.1, 0.15) is 67.0 Å². The average molecular weight is 1190 g/mol. The minimum atomic E-state index is -3.88. The molecule has 3 unspecified atom stereocenters. The normalized spacial score (nSPS) is 14.9. The topological polar surface area (TPSA) is 429 Å². The Morgan fingerprint density at radius 3 is 1.19 bits per heavy atom. The molecule has 0 aromatic carbocycles. The number of imidazole rings is 3. The van der Waals surface area contributed by atoms with Gasteiger partial charge in [-0.2, -0.15) is 0 Å². The van der Waals surface area contributed by atoms with E-state index in [2.05, 4.69) is 44.9 Å². The maximum atomic E-state index is 12.1. The lowest BCUT2D eigenvalue weighted by Crippen LogP contribution is -2.17. The van der Waals surface area contributed by atoms with Gasteiger partial charge in [-0.05, 0) is 60.3 Å². The van der Waals surface area contributed by atoms with E-state index in [0.29, 0.717) is 104 Å². The van der Waals surface area contributed by atoms with Crippen molar-refractivity contribution in [2.45, 2.75) is 125 Å². The van der Waals surface area contributed by atoms with Crippen molar-refractivity contribution < 1.29 is 75.2 Å². The molecule has 0 bridgehead atoms. The summed E-state index contributed by atoms with van der Waals surface area (Å²) in [6.07, 6.45) is 10.2. The van der Waals surface area contributed by atoms with Gasteiger partial charge in [0.05, 0.1) is 76.7 Å². The molecule has 0 radical (unpaired) electrons. The van der Waals surface area contributed by atoms with E-state index >= 15 is 0 Å². The van der Waals surface area contributed by atoms with E-state index in [-0.39, 0.29) is 82.5 Å². The summed E-state index contributed by atoms with van der Waals surface area (Å²) in [6, 6.07) is 0. The summed E-state index contributed by atoms with van der Waals surface area (Å²) in [4.78, 5) is 87.4. The Labute approximate surface area is 463 Å². The molecule has 0 aliphatic carbocycles. The number of fused-ring (bicyclic) bond motifs is 3. The fourth-order valence-electron chi connectivity index (χ4n) is 6.69. The van der Waals surface area contributed by atoms with Crippen LogP contribution in [0.2, 0.25) is 0 Å². The van der Waals surface area contributed by atoms with Gasteiger partial charge in [0.15, 0.2) is 40.2 Å². The number of ether oxygens (including phenoxy) is 5. The molecular formula is C46H78N15O16P3. The summed E-state index contributed by atoms with van der Waals surface area (Å²) in [5.41, 5.74) is 20.5. The van der Waals surface area contributed by atoms with Gasteiger partial charge in [-0.15, -0.1) is 0 Å². The minimum absolute atomic E-state index is 0. The minimum Gasteiger partial charge on any atom is -0.382 e. The first-order valence-electron chi connectivity index (χ1n) is 25.1. The van der Waals surface area contributed by atoms with Crippen LogP contribution in [0.15, 0.2) is 38.0 Å². The van der Waals surface area contributed by atoms with Crippen LogP contribution in [0.3, 0.4) is 0 Å². The van der Waals surface area contributed by atoms with Gasteiger partial charge in [-0.3, -0.25) is 18.5 Å². The lowest BCUT2D eigenvalue weighted by molar-refractivity contribution is -0.121. The van der Waals surface area contributed by atoms with Crippen molar-refractivity contribution >= 4 is 85.3 Å². The van der Waals surface area contributed by atoms with Gasteiger partial charge in [0.2, 0.25) is 0 Å². The Balaban J connectivity index is 0.000000315. The maximum absolute atomic E-state index is 12.1. The lowest BCUT2D eigenvalue weighted by atomic mass is 10.2. The molecule has 6 rings (SSSR count). The smallest absolute Gasteiger partial charge is 0.353 e. The van der Waals surface area contributed by atoms with E-state index in [4.69, 9.17) is 54.5 Å². The Kier molecular flexibility index (Phi) is 30.0. The van der Waals surface area contributed by atoms with Crippen LogP contribution in [-0.2, 0) is 80.2 Å². The molecule has 34 heteroatoms. The number of nitrogen functional groups attached to an aromatic ring is 3. The summed E-state index contributed by atoms with van der Waals surface area (Å²) < 4.78 is 82.8. The van der Waals surface area contributed by atoms with E-state index in [1.54, 1.807) is 53.5 Å². The zero-order chi connectivity index (χ0) is 58.0. The molecule has 0 saturated heterocycles.